The van der Waals surface area contributed by atoms with Crippen LogP contribution in [0.4, 0.5) is 0 Å². The van der Waals surface area contributed by atoms with E-state index >= 15 is 0 Å². The molecule has 0 saturated heterocycles. The van der Waals surface area contributed by atoms with Gasteiger partial charge in [0.15, 0.2) is 5.22 Å². The van der Waals surface area contributed by atoms with Crippen molar-refractivity contribution in [2.24, 2.45) is 0 Å². The highest BCUT2D eigenvalue weighted by molar-refractivity contribution is 8.11. The predicted molar refractivity (Wildman–Crippen MR) is 58.7 cm³/mol. The summed E-state index contributed by atoms with van der Waals surface area (Å²) in [6, 6.07) is 0. The fourth-order valence-electron chi connectivity index (χ4n) is 0.513. The molecule has 6 heteroatoms. The molecule has 0 aromatic rings. The summed E-state index contributed by atoms with van der Waals surface area (Å²) in [5.41, 5.74) is 0. The minimum absolute atomic E-state index is 0.0433. The molecule has 0 aliphatic heterocycles. The second-order valence-electron chi connectivity index (χ2n) is 2.52. The molecule has 0 N–H and O–H groups in total. The Balaban J connectivity index is 4.21. The Morgan fingerprint density at radius 1 is 1.46 bits per heavy atom. The molecule has 0 radical (unpaired) electrons. The standard InChI is InChI=1S/C7H12Cl3O2P/c1-3-4-5-12-7(8)6(2)13(9,10)11/h3-5H2,1-2H3/b7-6+. The quantitative estimate of drug-likeness (QED) is 0.401. The molecular formula is C7H12Cl3O2P. The SMILES string of the molecule is CCCCO/C(Cl)=C(\C)P(=O)(Cl)Cl. The van der Waals surface area contributed by atoms with Gasteiger partial charge in [0, 0.05) is 0 Å². The smallest absolute Gasteiger partial charge is 0.282 e. The number of unbranched alkanes of at least 4 members (excludes halogenated alkanes) is 1. The van der Waals surface area contributed by atoms with Crippen LogP contribution >= 0.6 is 39.9 Å². The molecule has 0 amide bonds. The van der Waals surface area contributed by atoms with Crippen LogP contribution in [0.3, 0.4) is 0 Å². The largest absolute Gasteiger partial charge is 0.483 e. The Morgan fingerprint density at radius 2 is 2.00 bits per heavy atom. The van der Waals surface area contributed by atoms with Crippen LogP contribution in [0.5, 0.6) is 0 Å². The second-order valence-corrected chi connectivity index (χ2v) is 7.84. The molecule has 0 saturated carbocycles. The molecular weight excluding hydrogens is 253 g/mol. The Bertz CT molecular complexity index is 234. The molecule has 0 aromatic heterocycles. The van der Waals surface area contributed by atoms with E-state index in [9.17, 15) is 4.57 Å². The summed E-state index contributed by atoms with van der Waals surface area (Å²) in [7, 11) is 0. The second kappa shape index (κ2) is 6.19. The van der Waals surface area contributed by atoms with Crippen LogP contribution in [-0.2, 0) is 9.30 Å². The van der Waals surface area contributed by atoms with E-state index in [1.165, 1.54) is 6.92 Å². The number of halogens is 3. The lowest BCUT2D eigenvalue weighted by Crippen LogP contribution is -1.91. The minimum atomic E-state index is -3.29. The zero-order valence-corrected chi connectivity index (χ0v) is 10.7. The fraction of sp³-hybridized carbons (Fsp3) is 0.714. The number of ether oxygens (including phenoxy) is 1. The summed E-state index contributed by atoms with van der Waals surface area (Å²) in [6.07, 6.45) is 1.89. The van der Waals surface area contributed by atoms with E-state index in [0.29, 0.717) is 6.61 Å². The van der Waals surface area contributed by atoms with Crippen LogP contribution in [0, 0.1) is 0 Å². The van der Waals surface area contributed by atoms with Gasteiger partial charge in [-0.05, 0) is 47.4 Å². The summed E-state index contributed by atoms with van der Waals surface area (Å²) >= 11 is 16.4. The van der Waals surface area contributed by atoms with Crippen molar-refractivity contribution in [2.45, 2.75) is 26.7 Å². The Hall–Kier alpha value is 0.640. The van der Waals surface area contributed by atoms with E-state index in [1.54, 1.807) is 0 Å². The van der Waals surface area contributed by atoms with Crippen molar-refractivity contribution in [3.63, 3.8) is 0 Å². The maximum absolute atomic E-state index is 11.1. The molecule has 13 heavy (non-hydrogen) atoms. The van der Waals surface area contributed by atoms with Gasteiger partial charge in [0.2, 0.25) is 0 Å². The van der Waals surface area contributed by atoms with E-state index in [4.69, 9.17) is 38.8 Å². The number of allylic oxidation sites excluding steroid dienone is 1. The van der Waals surface area contributed by atoms with Gasteiger partial charge >= 0.3 is 0 Å². The Labute approximate surface area is 93.1 Å². The zero-order valence-electron chi connectivity index (χ0n) is 7.52. The van der Waals surface area contributed by atoms with Crippen LogP contribution in [0.2, 0.25) is 0 Å². The molecule has 2 nitrogen and oxygen atoms in total. The van der Waals surface area contributed by atoms with E-state index < -0.39 is 5.85 Å². The minimum Gasteiger partial charge on any atom is -0.483 e. The first-order chi connectivity index (χ1) is 5.89. The van der Waals surface area contributed by atoms with Gasteiger partial charge < -0.3 is 4.74 Å². The van der Waals surface area contributed by atoms with Crippen LogP contribution in [0.1, 0.15) is 26.7 Å². The van der Waals surface area contributed by atoms with Crippen molar-refractivity contribution in [2.75, 3.05) is 6.61 Å². The average molecular weight is 266 g/mol. The average Bonchev–Trinajstić information content (AvgIpc) is 2.01. The van der Waals surface area contributed by atoms with Gasteiger partial charge in [-0.1, -0.05) is 13.3 Å². The van der Waals surface area contributed by atoms with Gasteiger partial charge in [0.1, 0.15) is 0 Å². The molecule has 0 atom stereocenters. The monoisotopic (exact) mass is 264 g/mol. The molecule has 0 spiro atoms. The van der Waals surface area contributed by atoms with Gasteiger partial charge in [-0.3, -0.25) is 4.57 Å². The lowest BCUT2D eigenvalue weighted by molar-refractivity contribution is 0.229. The van der Waals surface area contributed by atoms with E-state index in [-0.39, 0.29) is 10.5 Å². The van der Waals surface area contributed by atoms with E-state index in [0.717, 1.165) is 12.8 Å². The molecule has 0 bridgehead atoms. The molecule has 0 rings (SSSR count). The summed E-state index contributed by atoms with van der Waals surface area (Å²) < 4.78 is 16.2. The predicted octanol–water partition coefficient (Wildman–Crippen LogP) is 4.90. The third kappa shape index (κ3) is 5.85. The van der Waals surface area contributed by atoms with Gasteiger partial charge in [-0.2, -0.15) is 0 Å². The van der Waals surface area contributed by atoms with Crippen LogP contribution in [0.15, 0.2) is 10.5 Å². The van der Waals surface area contributed by atoms with Crippen LogP contribution in [-0.4, -0.2) is 6.61 Å². The number of rotatable bonds is 5. The summed E-state index contributed by atoms with van der Waals surface area (Å²) in [5, 5.41) is 0.246. The zero-order chi connectivity index (χ0) is 10.5. The molecule has 0 unspecified atom stereocenters. The molecule has 0 aliphatic carbocycles. The van der Waals surface area contributed by atoms with Crippen molar-refractivity contribution >= 4 is 39.9 Å². The summed E-state index contributed by atoms with van der Waals surface area (Å²) in [6.45, 7) is 4.01. The third-order valence-corrected chi connectivity index (χ3v) is 4.43. The first-order valence-corrected chi connectivity index (χ1v) is 7.78. The van der Waals surface area contributed by atoms with Crippen LogP contribution in [0.25, 0.3) is 0 Å². The molecule has 78 valence electrons. The van der Waals surface area contributed by atoms with Crippen molar-refractivity contribution < 1.29 is 9.30 Å². The third-order valence-electron chi connectivity index (χ3n) is 1.40. The van der Waals surface area contributed by atoms with Gasteiger partial charge in [-0.25, -0.2) is 0 Å². The maximum atomic E-state index is 11.1. The lowest BCUT2D eigenvalue weighted by atomic mass is 10.4. The molecule has 0 heterocycles. The van der Waals surface area contributed by atoms with Crippen molar-refractivity contribution in [3.05, 3.63) is 10.5 Å². The molecule has 0 fully saturated rings. The first kappa shape index (κ1) is 13.6. The van der Waals surface area contributed by atoms with E-state index in [1.807, 2.05) is 6.92 Å². The number of hydrogen-bond donors (Lipinski definition) is 0. The highest BCUT2D eigenvalue weighted by Crippen LogP contribution is 2.64. The van der Waals surface area contributed by atoms with Crippen molar-refractivity contribution in [1.82, 2.24) is 0 Å². The van der Waals surface area contributed by atoms with E-state index in [2.05, 4.69) is 0 Å². The van der Waals surface area contributed by atoms with Gasteiger partial charge in [0.05, 0.1) is 11.9 Å². The topological polar surface area (TPSA) is 26.3 Å². The summed E-state index contributed by atoms with van der Waals surface area (Å²) in [4.78, 5) is 0. The normalized spacial score (nSPS) is 13.9. The fourth-order valence-corrected chi connectivity index (χ4v) is 1.94. The van der Waals surface area contributed by atoms with Crippen molar-refractivity contribution in [3.8, 4) is 0 Å². The summed E-state index contributed by atoms with van der Waals surface area (Å²) in [5.74, 6) is -3.29. The highest BCUT2D eigenvalue weighted by atomic mass is 35.9. The molecule has 0 aromatic carbocycles. The van der Waals surface area contributed by atoms with Crippen LogP contribution < -0.4 is 0 Å². The highest BCUT2D eigenvalue weighted by Gasteiger charge is 2.21. The maximum Gasteiger partial charge on any atom is 0.282 e. The van der Waals surface area contributed by atoms with Gasteiger partial charge in [0.25, 0.3) is 5.85 Å². The first-order valence-electron chi connectivity index (χ1n) is 3.88. The van der Waals surface area contributed by atoms with Gasteiger partial charge in [-0.15, -0.1) is 0 Å². The van der Waals surface area contributed by atoms with Crippen molar-refractivity contribution in [1.29, 1.82) is 0 Å². The Kier molecular flexibility index (Phi) is 6.49. The lowest BCUT2D eigenvalue weighted by Gasteiger charge is -2.07. The number of hydrogen-bond acceptors (Lipinski definition) is 2. The molecule has 0 aliphatic rings. The Morgan fingerprint density at radius 3 is 2.38 bits per heavy atom.